The molecule has 2 aliphatic rings. The van der Waals surface area contributed by atoms with Crippen LogP contribution in [0.4, 0.5) is 0 Å². The molecule has 2 aliphatic carbocycles. The van der Waals surface area contributed by atoms with Crippen molar-refractivity contribution in [2.75, 3.05) is 6.54 Å². The summed E-state index contributed by atoms with van der Waals surface area (Å²) in [4.78, 5) is 23.7. The van der Waals surface area contributed by atoms with E-state index in [1.54, 1.807) is 24.3 Å². The average Bonchev–Trinajstić information content (AvgIpc) is 3.48. The number of nitrogens with one attached hydrogen (secondary N) is 3. The number of carbonyl (C=O) groups is 2. The molecule has 0 aromatic heterocycles. The van der Waals surface area contributed by atoms with Gasteiger partial charge < -0.3 is 16.4 Å². The van der Waals surface area contributed by atoms with Crippen LogP contribution >= 0.6 is 0 Å². The van der Waals surface area contributed by atoms with Crippen LogP contribution in [-0.4, -0.2) is 35.7 Å². The molecular formula is C26H30N4O3. The van der Waals surface area contributed by atoms with Crippen LogP contribution in [0.3, 0.4) is 0 Å². The minimum absolute atomic E-state index is 0.127. The number of hydrogen-bond acceptors (Lipinski definition) is 5. The number of nitrogens with two attached hydrogens (primary N) is 1. The molecular weight excluding hydrogens is 416 g/mol. The summed E-state index contributed by atoms with van der Waals surface area (Å²) in [5.74, 6) is 6.86. The quantitative estimate of drug-likeness (QED) is 0.253. The smallest absolute Gasteiger partial charge is 0.267 e. The molecule has 0 heterocycles. The highest BCUT2D eigenvalue weighted by atomic mass is 16.5. The standard InChI is InChI=1S/C26H30N4O3/c27-15-24(26(32)30-33)29-25(31)21-10-7-18(8-11-21)2-1-17-3-5-19(6-4-17)16-28-23-14-20-9-12-22(23)13-20/h3-8,10-11,20,22-24,28,33H,9,12-16,27H2,(H,29,31)(H,30,32)/t20-,22-,23?,24-/m0/s1. The second-order valence-corrected chi connectivity index (χ2v) is 8.92. The minimum Gasteiger partial charge on any atom is -0.339 e. The summed E-state index contributed by atoms with van der Waals surface area (Å²) in [5.41, 5.74) is 10.3. The van der Waals surface area contributed by atoms with Gasteiger partial charge in [0.05, 0.1) is 0 Å². The van der Waals surface area contributed by atoms with E-state index in [1.807, 2.05) is 12.1 Å². The van der Waals surface area contributed by atoms with Gasteiger partial charge in [0, 0.05) is 35.8 Å². The van der Waals surface area contributed by atoms with Crippen molar-refractivity contribution in [2.24, 2.45) is 17.6 Å². The lowest BCUT2D eigenvalue weighted by atomic mass is 9.95. The highest BCUT2D eigenvalue weighted by Crippen LogP contribution is 2.44. The minimum atomic E-state index is -1.01. The maximum Gasteiger partial charge on any atom is 0.267 e. The lowest BCUT2D eigenvalue weighted by Gasteiger charge is -2.23. The predicted molar refractivity (Wildman–Crippen MR) is 125 cm³/mol. The number of amides is 2. The molecule has 2 aromatic rings. The van der Waals surface area contributed by atoms with Gasteiger partial charge in [0.15, 0.2) is 0 Å². The highest BCUT2D eigenvalue weighted by Gasteiger charge is 2.38. The summed E-state index contributed by atoms with van der Waals surface area (Å²) < 4.78 is 0. The molecule has 0 spiro atoms. The van der Waals surface area contributed by atoms with Crippen LogP contribution in [0.2, 0.25) is 0 Å². The summed E-state index contributed by atoms with van der Waals surface area (Å²) in [6.07, 6.45) is 5.55. The van der Waals surface area contributed by atoms with E-state index >= 15 is 0 Å². The van der Waals surface area contributed by atoms with Crippen molar-refractivity contribution in [1.82, 2.24) is 16.1 Å². The second-order valence-electron chi connectivity index (χ2n) is 8.92. The summed E-state index contributed by atoms with van der Waals surface area (Å²) in [5, 5.41) is 14.9. The normalized spacial score (nSPS) is 21.7. The molecule has 2 fully saturated rings. The van der Waals surface area contributed by atoms with Crippen molar-refractivity contribution in [3.05, 3.63) is 70.8 Å². The van der Waals surface area contributed by atoms with E-state index in [-0.39, 0.29) is 6.54 Å². The van der Waals surface area contributed by atoms with E-state index in [0.717, 1.165) is 29.5 Å². The molecule has 0 saturated heterocycles. The van der Waals surface area contributed by atoms with Gasteiger partial charge in [0.1, 0.15) is 6.04 Å². The molecule has 7 nitrogen and oxygen atoms in total. The van der Waals surface area contributed by atoms with Crippen LogP contribution in [0.25, 0.3) is 0 Å². The van der Waals surface area contributed by atoms with Crippen LogP contribution in [0.1, 0.15) is 52.7 Å². The number of fused-ring (bicyclic) bond motifs is 2. The molecule has 33 heavy (non-hydrogen) atoms. The zero-order valence-electron chi connectivity index (χ0n) is 18.5. The first-order chi connectivity index (χ1) is 16.1. The molecule has 172 valence electrons. The van der Waals surface area contributed by atoms with E-state index in [9.17, 15) is 9.59 Å². The van der Waals surface area contributed by atoms with E-state index in [0.29, 0.717) is 11.6 Å². The van der Waals surface area contributed by atoms with Gasteiger partial charge in [-0.2, -0.15) is 0 Å². The lowest BCUT2D eigenvalue weighted by Crippen LogP contribution is -2.50. The van der Waals surface area contributed by atoms with E-state index in [2.05, 4.69) is 34.6 Å². The first-order valence-electron chi connectivity index (χ1n) is 11.4. The van der Waals surface area contributed by atoms with Gasteiger partial charge in [-0.1, -0.05) is 30.4 Å². The molecule has 7 heteroatoms. The maximum absolute atomic E-state index is 12.3. The first kappa shape index (κ1) is 23.0. The Bertz CT molecular complexity index is 1040. The molecule has 2 saturated carbocycles. The third-order valence-electron chi connectivity index (χ3n) is 6.73. The third kappa shape index (κ3) is 5.79. The fourth-order valence-corrected chi connectivity index (χ4v) is 4.85. The Balaban J connectivity index is 1.29. The van der Waals surface area contributed by atoms with Crippen molar-refractivity contribution in [3.63, 3.8) is 0 Å². The number of rotatable bonds is 7. The number of hydroxylamine groups is 1. The monoisotopic (exact) mass is 446 g/mol. The van der Waals surface area contributed by atoms with Crippen molar-refractivity contribution in [2.45, 2.75) is 44.3 Å². The molecule has 1 unspecified atom stereocenters. The molecule has 0 radical (unpaired) electrons. The van der Waals surface area contributed by atoms with Gasteiger partial charge in [-0.25, -0.2) is 5.48 Å². The fraction of sp³-hybridized carbons (Fsp3) is 0.385. The van der Waals surface area contributed by atoms with Crippen molar-refractivity contribution >= 4 is 11.8 Å². The van der Waals surface area contributed by atoms with Crippen LogP contribution in [0.15, 0.2) is 48.5 Å². The summed E-state index contributed by atoms with van der Waals surface area (Å²) >= 11 is 0. The molecule has 4 rings (SSSR count). The Morgan fingerprint density at radius 2 is 1.67 bits per heavy atom. The zero-order chi connectivity index (χ0) is 23.2. The predicted octanol–water partition coefficient (Wildman–Crippen LogP) is 1.93. The van der Waals surface area contributed by atoms with Gasteiger partial charge in [-0.15, -0.1) is 0 Å². The average molecular weight is 447 g/mol. The largest absolute Gasteiger partial charge is 0.339 e. The summed E-state index contributed by atoms with van der Waals surface area (Å²) in [6, 6.07) is 14.7. The third-order valence-corrected chi connectivity index (χ3v) is 6.73. The van der Waals surface area contributed by atoms with E-state index < -0.39 is 17.9 Å². The number of hydrogen-bond donors (Lipinski definition) is 5. The Labute approximate surface area is 194 Å². The molecule has 2 bridgehead atoms. The van der Waals surface area contributed by atoms with Crippen LogP contribution < -0.4 is 21.8 Å². The molecule has 6 N–H and O–H groups in total. The van der Waals surface area contributed by atoms with Crippen LogP contribution in [-0.2, 0) is 11.3 Å². The van der Waals surface area contributed by atoms with Gasteiger partial charge in [-0.3, -0.25) is 14.8 Å². The van der Waals surface area contributed by atoms with E-state index in [1.165, 1.54) is 36.7 Å². The lowest BCUT2D eigenvalue weighted by molar-refractivity contribution is -0.130. The molecule has 0 aliphatic heterocycles. The summed E-state index contributed by atoms with van der Waals surface area (Å²) in [6.45, 7) is 0.772. The summed E-state index contributed by atoms with van der Waals surface area (Å²) in [7, 11) is 0. The molecule has 2 aromatic carbocycles. The number of benzene rings is 2. The zero-order valence-corrected chi connectivity index (χ0v) is 18.5. The van der Waals surface area contributed by atoms with E-state index in [4.69, 9.17) is 10.9 Å². The Kier molecular flexibility index (Phi) is 7.40. The van der Waals surface area contributed by atoms with Gasteiger partial charge in [0.2, 0.25) is 0 Å². The van der Waals surface area contributed by atoms with Gasteiger partial charge in [-0.05, 0) is 73.1 Å². The SMILES string of the molecule is NC[C@H](NC(=O)c1ccc(C#Cc2ccc(CNC3C[C@H]4CC[C@H]3C4)cc2)cc1)C(=O)NO. The van der Waals surface area contributed by atoms with Crippen molar-refractivity contribution in [3.8, 4) is 11.8 Å². The topological polar surface area (TPSA) is 116 Å². The van der Waals surface area contributed by atoms with Crippen LogP contribution in [0, 0.1) is 23.7 Å². The Morgan fingerprint density at radius 1 is 1.00 bits per heavy atom. The molecule has 4 atom stereocenters. The fourth-order valence-electron chi connectivity index (χ4n) is 4.85. The maximum atomic E-state index is 12.3. The van der Waals surface area contributed by atoms with Crippen LogP contribution in [0.5, 0.6) is 0 Å². The second kappa shape index (κ2) is 10.6. The Hall–Kier alpha value is -3.18. The number of carbonyl (C=O) groups excluding carboxylic acids is 2. The molecule has 2 amide bonds. The first-order valence-corrected chi connectivity index (χ1v) is 11.4. The van der Waals surface area contributed by atoms with Crippen molar-refractivity contribution in [1.29, 1.82) is 0 Å². The van der Waals surface area contributed by atoms with Crippen molar-refractivity contribution < 1.29 is 14.8 Å². The highest BCUT2D eigenvalue weighted by molar-refractivity contribution is 5.97. The van der Waals surface area contributed by atoms with Gasteiger partial charge >= 0.3 is 0 Å². The van der Waals surface area contributed by atoms with Gasteiger partial charge in [0.25, 0.3) is 11.8 Å². The Morgan fingerprint density at radius 3 is 2.21 bits per heavy atom.